The van der Waals surface area contributed by atoms with Crippen molar-refractivity contribution < 1.29 is 0 Å². The Morgan fingerprint density at radius 1 is 1.45 bits per heavy atom. The number of nitrogen functional groups attached to an aromatic ring is 1. The van der Waals surface area contributed by atoms with E-state index >= 15 is 0 Å². The summed E-state index contributed by atoms with van der Waals surface area (Å²) in [6, 6.07) is 3.55. The van der Waals surface area contributed by atoms with Crippen LogP contribution in [0.25, 0.3) is 10.9 Å². The van der Waals surface area contributed by atoms with Gasteiger partial charge in [-0.25, -0.2) is 0 Å². The summed E-state index contributed by atoms with van der Waals surface area (Å²) in [4.78, 5) is 0. The first-order valence-corrected chi connectivity index (χ1v) is 4.28. The molecule has 0 fully saturated rings. The van der Waals surface area contributed by atoms with Crippen LogP contribution in [0.15, 0.2) is 17.5 Å². The van der Waals surface area contributed by atoms with E-state index in [-0.39, 0.29) is 0 Å². The van der Waals surface area contributed by atoms with Crippen molar-refractivity contribution in [3.05, 3.63) is 22.5 Å². The monoisotopic (exact) mass is 184 g/mol. The van der Waals surface area contributed by atoms with Gasteiger partial charge in [-0.15, -0.1) is 0 Å². The molecule has 0 unspecified atom stereocenters. The van der Waals surface area contributed by atoms with E-state index in [0.29, 0.717) is 10.7 Å². The van der Waals surface area contributed by atoms with Crippen molar-refractivity contribution in [3.8, 4) is 0 Å². The second-order valence-corrected chi connectivity index (χ2v) is 3.25. The van der Waals surface area contributed by atoms with Crippen LogP contribution in [0, 0.1) is 0 Å². The van der Waals surface area contributed by atoms with Crippen molar-refractivity contribution >= 4 is 39.7 Å². The molecule has 56 valence electrons. The molecule has 0 saturated carbocycles. The minimum Gasteiger partial charge on any atom is -0.397 e. The molecule has 1 aromatic carbocycles. The van der Waals surface area contributed by atoms with Crippen LogP contribution >= 0.6 is 23.1 Å². The Hall–Kier alpha value is -0.800. The SMILES string of the molecule is Nc1ccc(Cl)c2csnc12. The number of aromatic nitrogens is 1. The van der Waals surface area contributed by atoms with E-state index in [0.717, 1.165) is 10.9 Å². The number of hydrogen-bond donors (Lipinski definition) is 1. The fourth-order valence-corrected chi connectivity index (χ4v) is 1.92. The fourth-order valence-electron chi connectivity index (χ4n) is 0.946. The molecule has 2 N–H and O–H groups in total. The highest BCUT2D eigenvalue weighted by Gasteiger charge is 2.03. The molecule has 2 aromatic rings. The minimum absolute atomic E-state index is 0.686. The first kappa shape index (κ1) is 6.88. The van der Waals surface area contributed by atoms with Crippen LogP contribution in [0.1, 0.15) is 0 Å². The fraction of sp³-hybridized carbons (Fsp3) is 0. The lowest BCUT2D eigenvalue weighted by atomic mass is 10.2. The van der Waals surface area contributed by atoms with E-state index in [1.807, 2.05) is 5.38 Å². The lowest BCUT2D eigenvalue weighted by molar-refractivity contribution is 1.65. The van der Waals surface area contributed by atoms with Crippen molar-refractivity contribution in [1.82, 2.24) is 4.37 Å². The topological polar surface area (TPSA) is 38.9 Å². The maximum Gasteiger partial charge on any atom is 0.108 e. The third-order valence-corrected chi connectivity index (χ3v) is 2.47. The third-order valence-electron chi connectivity index (χ3n) is 1.51. The van der Waals surface area contributed by atoms with Crippen molar-refractivity contribution in [2.75, 3.05) is 5.73 Å². The summed E-state index contributed by atoms with van der Waals surface area (Å²) < 4.78 is 4.11. The highest BCUT2D eigenvalue weighted by molar-refractivity contribution is 7.05. The highest BCUT2D eigenvalue weighted by Crippen LogP contribution is 2.28. The molecule has 2 rings (SSSR count). The first-order valence-electron chi connectivity index (χ1n) is 3.07. The standard InChI is InChI=1S/C7H5ClN2S/c8-5-1-2-6(9)7-4(5)3-11-10-7/h1-3H,9H2. The predicted molar refractivity (Wildman–Crippen MR) is 49.0 cm³/mol. The molecule has 1 aromatic heterocycles. The Bertz CT molecular complexity index is 360. The largest absolute Gasteiger partial charge is 0.397 e. The van der Waals surface area contributed by atoms with Gasteiger partial charge in [-0.05, 0) is 23.7 Å². The molecular formula is C7H5ClN2S. The van der Waals surface area contributed by atoms with Crippen LogP contribution < -0.4 is 5.73 Å². The Labute approximate surface area is 72.8 Å². The molecule has 11 heavy (non-hydrogen) atoms. The van der Waals surface area contributed by atoms with Gasteiger partial charge in [-0.3, -0.25) is 0 Å². The molecule has 0 aliphatic carbocycles. The van der Waals surface area contributed by atoms with E-state index in [1.54, 1.807) is 12.1 Å². The van der Waals surface area contributed by atoms with Gasteiger partial charge in [0.1, 0.15) is 5.52 Å². The molecule has 2 nitrogen and oxygen atoms in total. The number of fused-ring (bicyclic) bond motifs is 1. The van der Waals surface area contributed by atoms with Crippen LogP contribution in [-0.2, 0) is 0 Å². The quantitative estimate of drug-likeness (QED) is 0.639. The Balaban J connectivity index is 2.96. The number of rotatable bonds is 0. The first-order chi connectivity index (χ1) is 5.29. The summed E-state index contributed by atoms with van der Waals surface area (Å²) in [5.41, 5.74) is 7.15. The van der Waals surface area contributed by atoms with Gasteiger partial charge in [-0.2, -0.15) is 4.37 Å². The Morgan fingerprint density at radius 3 is 3.00 bits per heavy atom. The number of nitrogens with zero attached hydrogens (tertiary/aromatic N) is 1. The summed E-state index contributed by atoms with van der Waals surface area (Å²) in [6.07, 6.45) is 0. The molecule has 0 bridgehead atoms. The summed E-state index contributed by atoms with van der Waals surface area (Å²) in [5.74, 6) is 0. The van der Waals surface area contributed by atoms with Crippen LogP contribution in [0.2, 0.25) is 5.02 Å². The third kappa shape index (κ3) is 0.968. The van der Waals surface area contributed by atoms with E-state index in [9.17, 15) is 0 Å². The molecule has 0 saturated heterocycles. The van der Waals surface area contributed by atoms with Crippen molar-refractivity contribution in [1.29, 1.82) is 0 Å². The zero-order valence-electron chi connectivity index (χ0n) is 5.54. The van der Waals surface area contributed by atoms with Crippen LogP contribution in [0.4, 0.5) is 5.69 Å². The van der Waals surface area contributed by atoms with Gasteiger partial charge >= 0.3 is 0 Å². The van der Waals surface area contributed by atoms with Gasteiger partial charge in [0.2, 0.25) is 0 Å². The molecular weight excluding hydrogens is 180 g/mol. The maximum atomic E-state index is 5.88. The van der Waals surface area contributed by atoms with E-state index < -0.39 is 0 Å². The molecule has 0 aliphatic rings. The number of anilines is 1. The van der Waals surface area contributed by atoms with Gasteiger partial charge in [0.25, 0.3) is 0 Å². The van der Waals surface area contributed by atoms with Gasteiger partial charge in [0.15, 0.2) is 0 Å². The summed E-state index contributed by atoms with van der Waals surface area (Å²) in [6.45, 7) is 0. The summed E-state index contributed by atoms with van der Waals surface area (Å²) in [5, 5.41) is 3.55. The zero-order valence-corrected chi connectivity index (χ0v) is 7.12. The predicted octanol–water partition coefficient (Wildman–Crippen LogP) is 2.53. The molecule has 0 aliphatic heterocycles. The molecule has 1 heterocycles. The molecule has 0 atom stereocenters. The van der Waals surface area contributed by atoms with Crippen molar-refractivity contribution in [2.24, 2.45) is 0 Å². The smallest absolute Gasteiger partial charge is 0.108 e. The van der Waals surface area contributed by atoms with Crippen LogP contribution in [-0.4, -0.2) is 4.37 Å². The van der Waals surface area contributed by atoms with Crippen molar-refractivity contribution in [3.63, 3.8) is 0 Å². The average Bonchev–Trinajstić information content (AvgIpc) is 2.45. The van der Waals surface area contributed by atoms with E-state index in [1.165, 1.54) is 11.5 Å². The van der Waals surface area contributed by atoms with Gasteiger partial charge < -0.3 is 5.73 Å². The summed E-state index contributed by atoms with van der Waals surface area (Å²) in [7, 11) is 0. The highest BCUT2D eigenvalue weighted by atomic mass is 35.5. The van der Waals surface area contributed by atoms with E-state index in [4.69, 9.17) is 17.3 Å². The van der Waals surface area contributed by atoms with Crippen LogP contribution in [0.5, 0.6) is 0 Å². The van der Waals surface area contributed by atoms with Gasteiger partial charge in [-0.1, -0.05) is 11.6 Å². The Kier molecular flexibility index (Phi) is 1.47. The normalized spacial score (nSPS) is 10.6. The van der Waals surface area contributed by atoms with Crippen molar-refractivity contribution in [2.45, 2.75) is 0 Å². The molecule has 0 spiro atoms. The average molecular weight is 185 g/mol. The lowest BCUT2D eigenvalue weighted by Gasteiger charge is -1.94. The second-order valence-electron chi connectivity index (χ2n) is 2.21. The Morgan fingerprint density at radius 2 is 2.27 bits per heavy atom. The zero-order chi connectivity index (χ0) is 7.84. The van der Waals surface area contributed by atoms with Crippen LogP contribution in [0.3, 0.4) is 0 Å². The number of halogens is 1. The van der Waals surface area contributed by atoms with E-state index in [2.05, 4.69) is 4.37 Å². The number of hydrogen-bond acceptors (Lipinski definition) is 3. The molecule has 0 radical (unpaired) electrons. The maximum absolute atomic E-state index is 5.88. The minimum atomic E-state index is 0.686. The lowest BCUT2D eigenvalue weighted by Crippen LogP contribution is -1.85. The molecule has 4 heteroatoms. The second kappa shape index (κ2) is 2.36. The van der Waals surface area contributed by atoms with Gasteiger partial charge in [0, 0.05) is 10.8 Å². The number of nitrogens with two attached hydrogens (primary N) is 1. The van der Waals surface area contributed by atoms with Gasteiger partial charge in [0.05, 0.1) is 10.7 Å². The molecule has 0 amide bonds. The number of benzene rings is 1. The summed E-state index contributed by atoms with van der Waals surface area (Å²) >= 11 is 7.25.